The van der Waals surface area contributed by atoms with Gasteiger partial charge >= 0.3 is 0 Å². The molecule has 0 bridgehead atoms. The van der Waals surface area contributed by atoms with Crippen LogP contribution in [0, 0.1) is 61.6 Å². The van der Waals surface area contributed by atoms with E-state index in [1.54, 1.807) is 0 Å². The summed E-state index contributed by atoms with van der Waals surface area (Å²) < 4.78 is 0. The summed E-state index contributed by atoms with van der Waals surface area (Å²) in [5, 5.41) is 9.86. The average Bonchev–Trinajstić information content (AvgIpc) is 2.82. The second-order valence-electron chi connectivity index (χ2n) is 14.9. The Morgan fingerprint density at radius 2 is 1.68 bits per heavy atom. The number of nitriles is 1. The van der Waals surface area contributed by atoms with Crippen molar-refractivity contribution < 1.29 is 14.4 Å². The fourth-order valence-corrected chi connectivity index (χ4v) is 10.2. The number of Topliss-reactive ketones (excluding diaryl/α,β-unsaturated/α-hetero) is 1. The van der Waals surface area contributed by atoms with E-state index in [9.17, 15) is 19.6 Å². The maximum Gasteiger partial charge on any atom is 0.240 e. The van der Waals surface area contributed by atoms with Crippen LogP contribution in [0.25, 0.3) is 0 Å². The van der Waals surface area contributed by atoms with Crippen molar-refractivity contribution in [3.63, 3.8) is 0 Å². The molecule has 0 aromatic rings. The van der Waals surface area contributed by atoms with Crippen LogP contribution >= 0.6 is 0 Å². The number of hydrogen-bond acceptors (Lipinski definition) is 5. The largest absolute Gasteiger partial charge is 0.295 e. The first-order chi connectivity index (χ1) is 17.0. The molecule has 5 aliphatic rings. The number of hydrazine groups is 1. The van der Waals surface area contributed by atoms with Gasteiger partial charge in [0.2, 0.25) is 5.91 Å². The number of nitrogens with zero attached hydrogens (tertiary/aromatic N) is 1. The normalized spacial score (nSPS) is 45.6. The molecule has 0 heterocycles. The molecule has 0 radical (unpaired) electrons. The number of ketones is 2. The summed E-state index contributed by atoms with van der Waals surface area (Å²) in [6.07, 6.45) is 9.53. The van der Waals surface area contributed by atoms with Gasteiger partial charge in [-0.2, -0.15) is 5.26 Å². The van der Waals surface area contributed by atoms with Crippen LogP contribution in [-0.4, -0.2) is 17.5 Å². The molecule has 200 valence electrons. The minimum atomic E-state index is -0.675. The number of nitrogens with two attached hydrogens (primary N) is 1. The molecule has 7 atom stereocenters. The van der Waals surface area contributed by atoms with Gasteiger partial charge in [0, 0.05) is 16.7 Å². The first kappa shape index (κ1) is 26.4. The SMILES string of the molecule is CC1(C)CC[C@]2(C(=O)NN)CC[C@]3(C)[C@H](C(=O)C=C4[C@@]5(C)C=C(C#N)C(=O)C(C)(C)[C@@H]5CC[C@]43C)[C@@H]2C1. The summed E-state index contributed by atoms with van der Waals surface area (Å²) in [4.78, 5) is 40.9. The molecule has 0 spiro atoms. The summed E-state index contributed by atoms with van der Waals surface area (Å²) in [7, 11) is 0. The Labute approximate surface area is 221 Å². The van der Waals surface area contributed by atoms with Crippen LogP contribution in [0.3, 0.4) is 0 Å². The van der Waals surface area contributed by atoms with Gasteiger partial charge in [-0.15, -0.1) is 0 Å². The lowest BCUT2D eigenvalue weighted by molar-refractivity contribution is -0.178. The van der Waals surface area contributed by atoms with Crippen molar-refractivity contribution in [1.29, 1.82) is 5.26 Å². The quantitative estimate of drug-likeness (QED) is 0.289. The lowest BCUT2D eigenvalue weighted by atomic mass is 9.34. The highest BCUT2D eigenvalue weighted by atomic mass is 16.2. The molecule has 0 saturated heterocycles. The van der Waals surface area contributed by atoms with Gasteiger partial charge in [-0.25, -0.2) is 5.84 Å². The van der Waals surface area contributed by atoms with Crippen molar-refractivity contribution in [1.82, 2.24) is 5.43 Å². The standard InChI is InChI=1S/C31H43N3O3/c1-26(2)10-12-31(25(37)34-33)13-11-30(7)23(19(31)16-26)20(35)14-22-28(5)15-18(17-32)24(36)27(3,4)21(28)8-9-29(22,30)6/h14-15,19,21,23H,8-13,16,33H2,1-7H3,(H,34,37)/t19-,21-,23-,28-,29+,30+,31-/m0/s1. The van der Waals surface area contributed by atoms with Crippen LogP contribution in [0.15, 0.2) is 23.3 Å². The Balaban J connectivity index is 1.71. The molecule has 3 fully saturated rings. The third-order valence-corrected chi connectivity index (χ3v) is 12.4. The summed E-state index contributed by atoms with van der Waals surface area (Å²) in [5.74, 6) is 5.33. The molecule has 3 saturated carbocycles. The smallest absolute Gasteiger partial charge is 0.240 e. The van der Waals surface area contributed by atoms with Gasteiger partial charge in [0.1, 0.15) is 6.07 Å². The van der Waals surface area contributed by atoms with Crippen molar-refractivity contribution in [2.75, 3.05) is 0 Å². The zero-order valence-electron chi connectivity index (χ0n) is 23.6. The molecule has 0 aromatic carbocycles. The first-order valence-electron chi connectivity index (χ1n) is 14.0. The Kier molecular flexibility index (Phi) is 5.45. The van der Waals surface area contributed by atoms with E-state index in [2.05, 4.69) is 46.1 Å². The van der Waals surface area contributed by atoms with Crippen molar-refractivity contribution in [2.45, 2.75) is 93.4 Å². The second kappa shape index (κ2) is 7.65. The minimum Gasteiger partial charge on any atom is -0.295 e. The Morgan fingerprint density at radius 3 is 2.30 bits per heavy atom. The molecule has 0 aromatic heterocycles. The van der Waals surface area contributed by atoms with Crippen molar-refractivity contribution in [3.8, 4) is 6.07 Å². The van der Waals surface area contributed by atoms with Gasteiger partial charge in [-0.05, 0) is 79.1 Å². The summed E-state index contributed by atoms with van der Waals surface area (Å²) in [6, 6.07) is 2.17. The summed E-state index contributed by atoms with van der Waals surface area (Å²) in [6.45, 7) is 15.2. The van der Waals surface area contributed by atoms with E-state index in [1.165, 1.54) is 0 Å². The third kappa shape index (κ3) is 3.10. The van der Waals surface area contributed by atoms with Gasteiger partial charge in [0.25, 0.3) is 0 Å². The van der Waals surface area contributed by atoms with E-state index in [1.807, 2.05) is 26.0 Å². The van der Waals surface area contributed by atoms with Gasteiger partial charge < -0.3 is 0 Å². The molecule has 1 amide bonds. The van der Waals surface area contributed by atoms with E-state index in [0.29, 0.717) is 0 Å². The highest BCUT2D eigenvalue weighted by Crippen LogP contribution is 2.74. The summed E-state index contributed by atoms with van der Waals surface area (Å²) in [5.41, 5.74) is 1.38. The highest BCUT2D eigenvalue weighted by Gasteiger charge is 2.70. The monoisotopic (exact) mass is 505 g/mol. The van der Waals surface area contributed by atoms with Gasteiger partial charge in [0.05, 0.1) is 11.0 Å². The van der Waals surface area contributed by atoms with Crippen molar-refractivity contribution in [3.05, 3.63) is 23.3 Å². The highest BCUT2D eigenvalue weighted by molar-refractivity contribution is 6.04. The lowest BCUT2D eigenvalue weighted by Crippen LogP contribution is -2.66. The second-order valence-corrected chi connectivity index (χ2v) is 14.9. The number of rotatable bonds is 1. The van der Waals surface area contributed by atoms with E-state index >= 15 is 0 Å². The molecule has 6 nitrogen and oxygen atoms in total. The number of carbonyl (C=O) groups excluding carboxylic acids is 3. The fourth-order valence-electron chi connectivity index (χ4n) is 10.2. The zero-order chi connectivity index (χ0) is 27.4. The van der Waals surface area contributed by atoms with Gasteiger partial charge in [-0.1, -0.05) is 60.1 Å². The van der Waals surface area contributed by atoms with E-state index in [0.717, 1.165) is 50.5 Å². The topological polar surface area (TPSA) is 113 Å². The van der Waals surface area contributed by atoms with E-state index in [-0.39, 0.29) is 57.0 Å². The van der Waals surface area contributed by atoms with Crippen LogP contribution in [0.5, 0.6) is 0 Å². The molecular formula is C31H43N3O3. The fraction of sp³-hybridized carbons (Fsp3) is 0.742. The maximum absolute atomic E-state index is 14.4. The van der Waals surface area contributed by atoms with Gasteiger partial charge in [0.15, 0.2) is 11.6 Å². The number of fused-ring (bicyclic) bond motifs is 7. The maximum atomic E-state index is 14.4. The zero-order valence-corrected chi connectivity index (χ0v) is 23.6. The first-order valence-corrected chi connectivity index (χ1v) is 14.0. The molecule has 5 rings (SSSR count). The summed E-state index contributed by atoms with van der Waals surface area (Å²) >= 11 is 0. The number of allylic oxidation sites excluding steroid dienone is 4. The molecule has 5 aliphatic carbocycles. The van der Waals surface area contributed by atoms with Crippen LogP contribution < -0.4 is 11.3 Å². The third-order valence-electron chi connectivity index (χ3n) is 12.4. The van der Waals surface area contributed by atoms with Crippen molar-refractivity contribution in [2.24, 2.45) is 56.1 Å². The number of hydrogen-bond donors (Lipinski definition) is 2. The van der Waals surface area contributed by atoms with E-state index < -0.39 is 16.2 Å². The predicted molar refractivity (Wildman–Crippen MR) is 141 cm³/mol. The Morgan fingerprint density at radius 1 is 1.03 bits per heavy atom. The van der Waals surface area contributed by atoms with Crippen LogP contribution in [-0.2, 0) is 14.4 Å². The van der Waals surface area contributed by atoms with E-state index in [4.69, 9.17) is 5.84 Å². The predicted octanol–water partition coefficient (Wildman–Crippen LogP) is 5.20. The van der Waals surface area contributed by atoms with Crippen LogP contribution in [0.1, 0.15) is 93.4 Å². The molecular weight excluding hydrogens is 462 g/mol. The van der Waals surface area contributed by atoms with Gasteiger partial charge in [-0.3, -0.25) is 19.8 Å². The number of carbonyl (C=O) groups is 3. The average molecular weight is 506 g/mol. The molecule has 3 N–H and O–H groups in total. The molecule has 0 aliphatic heterocycles. The minimum absolute atomic E-state index is 0.0242. The Bertz CT molecular complexity index is 1200. The van der Waals surface area contributed by atoms with Crippen molar-refractivity contribution >= 4 is 17.5 Å². The Hall–Kier alpha value is -2.26. The van der Waals surface area contributed by atoms with Crippen LogP contribution in [0.4, 0.5) is 0 Å². The lowest BCUT2D eigenvalue weighted by Gasteiger charge is -2.69. The molecule has 37 heavy (non-hydrogen) atoms. The number of amides is 1. The molecule has 6 heteroatoms. The molecule has 0 unspecified atom stereocenters. The van der Waals surface area contributed by atoms with Crippen LogP contribution in [0.2, 0.25) is 0 Å². The number of nitrogens with one attached hydrogen (secondary N) is 1.